The fraction of sp³-hybridized carbons (Fsp3) is 0.462. The molecule has 1 N–H and O–H groups in total. The number of hydrogen-bond acceptors (Lipinski definition) is 2. The largest absolute Gasteiger partial charge is 0.479 e. The lowest BCUT2D eigenvalue weighted by Crippen LogP contribution is -2.23. The molecule has 3 nitrogen and oxygen atoms in total. The van der Waals surface area contributed by atoms with Crippen LogP contribution in [0.2, 0.25) is 0 Å². The molecule has 0 spiro atoms. The second-order valence-electron chi connectivity index (χ2n) is 4.20. The SMILES string of the molecule is CC(Oc1cccc2c1CCCC2)C(=O)O. The van der Waals surface area contributed by atoms with Crippen molar-refractivity contribution in [3.05, 3.63) is 29.3 Å². The molecule has 86 valence electrons. The first-order valence-corrected chi connectivity index (χ1v) is 5.68. The van der Waals surface area contributed by atoms with Gasteiger partial charge >= 0.3 is 5.97 Å². The van der Waals surface area contributed by atoms with E-state index in [9.17, 15) is 4.79 Å². The third-order valence-electron chi connectivity index (χ3n) is 3.00. The summed E-state index contributed by atoms with van der Waals surface area (Å²) in [6.07, 6.45) is 3.67. The number of aryl methyl sites for hydroxylation is 1. The molecular formula is C13H16O3. The predicted octanol–water partition coefficient (Wildman–Crippen LogP) is 2.42. The highest BCUT2D eigenvalue weighted by molar-refractivity contribution is 5.72. The maximum absolute atomic E-state index is 10.7. The van der Waals surface area contributed by atoms with Crippen LogP contribution in [-0.2, 0) is 17.6 Å². The molecule has 1 aromatic carbocycles. The number of hydrogen-bond donors (Lipinski definition) is 1. The van der Waals surface area contributed by atoms with Crippen LogP contribution in [0.4, 0.5) is 0 Å². The maximum Gasteiger partial charge on any atom is 0.344 e. The molecule has 0 heterocycles. The third kappa shape index (κ3) is 2.18. The molecule has 1 aliphatic carbocycles. The van der Waals surface area contributed by atoms with Gasteiger partial charge in [0.1, 0.15) is 5.75 Å². The van der Waals surface area contributed by atoms with Gasteiger partial charge in [-0.15, -0.1) is 0 Å². The highest BCUT2D eigenvalue weighted by Crippen LogP contribution is 2.30. The fourth-order valence-corrected chi connectivity index (χ4v) is 2.10. The first-order valence-electron chi connectivity index (χ1n) is 5.68. The first kappa shape index (κ1) is 11.0. The minimum Gasteiger partial charge on any atom is -0.479 e. The summed E-state index contributed by atoms with van der Waals surface area (Å²) in [5, 5.41) is 8.82. The van der Waals surface area contributed by atoms with Gasteiger partial charge in [-0.25, -0.2) is 4.79 Å². The van der Waals surface area contributed by atoms with Crippen molar-refractivity contribution in [2.75, 3.05) is 0 Å². The summed E-state index contributed by atoms with van der Waals surface area (Å²) < 4.78 is 5.47. The van der Waals surface area contributed by atoms with Gasteiger partial charge in [-0.2, -0.15) is 0 Å². The minimum atomic E-state index is -0.923. The summed E-state index contributed by atoms with van der Waals surface area (Å²) in [4.78, 5) is 10.7. The van der Waals surface area contributed by atoms with Gasteiger partial charge in [0.2, 0.25) is 0 Å². The molecule has 1 unspecified atom stereocenters. The molecule has 0 amide bonds. The monoisotopic (exact) mass is 220 g/mol. The molecule has 0 saturated carbocycles. The van der Waals surface area contributed by atoms with Gasteiger partial charge in [0.15, 0.2) is 6.10 Å². The van der Waals surface area contributed by atoms with Crippen LogP contribution in [-0.4, -0.2) is 17.2 Å². The highest BCUT2D eigenvalue weighted by Gasteiger charge is 2.18. The van der Waals surface area contributed by atoms with Crippen molar-refractivity contribution in [2.24, 2.45) is 0 Å². The number of aliphatic carboxylic acids is 1. The number of carboxylic acid groups (broad SMARTS) is 1. The standard InChI is InChI=1S/C13H16O3/c1-9(13(14)15)16-12-8-4-6-10-5-2-3-7-11(10)12/h4,6,8-9H,2-3,5,7H2,1H3,(H,14,15). The van der Waals surface area contributed by atoms with Crippen molar-refractivity contribution >= 4 is 5.97 Å². The molecule has 1 atom stereocenters. The van der Waals surface area contributed by atoms with Crippen LogP contribution in [0.1, 0.15) is 30.9 Å². The summed E-state index contributed by atoms with van der Waals surface area (Å²) >= 11 is 0. The van der Waals surface area contributed by atoms with Crippen LogP contribution in [0.3, 0.4) is 0 Å². The summed E-state index contributed by atoms with van der Waals surface area (Å²) in [6, 6.07) is 5.91. The van der Waals surface area contributed by atoms with Gasteiger partial charge in [0.25, 0.3) is 0 Å². The Balaban J connectivity index is 2.24. The van der Waals surface area contributed by atoms with Gasteiger partial charge in [0, 0.05) is 0 Å². The minimum absolute atomic E-state index is 0.743. The molecule has 16 heavy (non-hydrogen) atoms. The van der Waals surface area contributed by atoms with Crippen LogP contribution >= 0.6 is 0 Å². The lowest BCUT2D eigenvalue weighted by atomic mass is 9.91. The van der Waals surface area contributed by atoms with Gasteiger partial charge in [0.05, 0.1) is 0 Å². The molecule has 0 fully saturated rings. The van der Waals surface area contributed by atoms with E-state index in [2.05, 4.69) is 6.07 Å². The topological polar surface area (TPSA) is 46.5 Å². The predicted molar refractivity (Wildman–Crippen MR) is 60.8 cm³/mol. The molecule has 0 aromatic heterocycles. The van der Waals surface area contributed by atoms with Crippen molar-refractivity contribution in [1.29, 1.82) is 0 Å². The molecule has 3 heteroatoms. The number of carboxylic acids is 1. The molecule has 0 saturated heterocycles. The zero-order valence-corrected chi connectivity index (χ0v) is 9.40. The number of benzene rings is 1. The molecule has 0 radical (unpaired) electrons. The maximum atomic E-state index is 10.7. The van der Waals surface area contributed by atoms with E-state index in [1.807, 2.05) is 12.1 Å². The third-order valence-corrected chi connectivity index (χ3v) is 3.00. The van der Waals surface area contributed by atoms with Crippen LogP contribution in [0, 0.1) is 0 Å². The van der Waals surface area contributed by atoms with E-state index in [4.69, 9.17) is 9.84 Å². The van der Waals surface area contributed by atoms with E-state index in [0.29, 0.717) is 0 Å². The Hall–Kier alpha value is -1.51. The van der Waals surface area contributed by atoms with Gasteiger partial charge in [-0.1, -0.05) is 12.1 Å². The molecule has 1 aromatic rings. The van der Waals surface area contributed by atoms with E-state index in [1.165, 1.54) is 17.5 Å². The molecular weight excluding hydrogens is 204 g/mol. The Morgan fingerprint density at radius 3 is 2.88 bits per heavy atom. The zero-order valence-electron chi connectivity index (χ0n) is 9.40. The average molecular weight is 220 g/mol. The van der Waals surface area contributed by atoms with E-state index >= 15 is 0 Å². The summed E-state index contributed by atoms with van der Waals surface area (Å²) in [5.41, 5.74) is 2.50. The smallest absolute Gasteiger partial charge is 0.344 e. The van der Waals surface area contributed by atoms with Crippen LogP contribution < -0.4 is 4.74 Å². The second kappa shape index (κ2) is 4.56. The van der Waals surface area contributed by atoms with Crippen molar-refractivity contribution in [2.45, 2.75) is 38.7 Å². The number of carbonyl (C=O) groups is 1. The van der Waals surface area contributed by atoms with E-state index < -0.39 is 12.1 Å². The van der Waals surface area contributed by atoms with E-state index in [0.717, 1.165) is 25.0 Å². The normalized spacial score (nSPS) is 16.3. The zero-order chi connectivity index (χ0) is 11.5. The Labute approximate surface area is 95.0 Å². The number of ether oxygens (including phenoxy) is 1. The van der Waals surface area contributed by atoms with Crippen LogP contribution in [0.25, 0.3) is 0 Å². The van der Waals surface area contributed by atoms with Gasteiger partial charge < -0.3 is 9.84 Å². The van der Waals surface area contributed by atoms with Gasteiger partial charge in [-0.05, 0) is 49.8 Å². The first-order chi connectivity index (χ1) is 7.68. The van der Waals surface area contributed by atoms with Crippen molar-refractivity contribution in [1.82, 2.24) is 0 Å². The second-order valence-corrected chi connectivity index (χ2v) is 4.20. The molecule has 0 bridgehead atoms. The number of fused-ring (bicyclic) bond motifs is 1. The Bertz CT molecular complexity index is 398. The lowest BCUT2D eigenvalue weighted by Gasteiger charge is -2.20. The quantitative estimate of drug-likeness (QED) is 0.850. The van der Waals surface area contributed by atoms with E-state index in [-0.39, 0.29) is 0 Å². The van der Waals surface area contributed by atoms with Crippen molar-refractivity contribution in [3.8, 4) is 5.75 Å². The fourth-order valence-electron chi connectivity index (χ4n) is 2.10. The lowest BCUT2D eigenvalue weighted by molar-refractivity contribution is -0.144. The van der Waals surface area contributed by atoms with Crippen molar-refractivity contribution < 1.29 is 14.6 Å². The molecule has 0 aliphatic heterocycles. The van der Waals surface area contributed by atoms with Crippen molar-refractivity contribution in [3.63, 3.8) is 0 Å². The van der Waals surface area contributed by atoms with Crippen LogP contribution in [0.15, 0.2) is 18.2 Å². The Morgan fingerprint density at radius 1 is 1.38 bits per heavy atom. The van der Waals surface area contributed by atoms with Crippen LogP contribution in [0.5, 0.6) is 5.75 Å². The number of rotatable bonds is 3. The average Bonchev–Trinajstić information content (AvgIpc) is 2.29. The van der Waals surface area contributed by atoms with E-state index in [1.54, 1.807) is 6.92 Å². The molecule has 2 rings (SSSR count). The summed E-state index contributed by atoms with van der Waals surface area (Å²) in [7, 11) is 0. The Kier molecular flexibility index (Phi) is 3.13. The molecule has 1 aliphatic rings. The summed E-state index contributed by atoms with van der Waals surface area (Å²) in [5.74, 6) is -0.180. The highest BCUT2D eigenvalue weighted by atomic mass is 16.5. The summed E-state index contributed by atoms with van der Waals surface area (Å²) in [6.45, 7) is 1.56. The van der Waals surface area contributed by atoms with Gasteiger partial charge in [-0.3, -0.25) is 0 Å². The Morgan fingerprint density at radius 2 is 2.12 bits per heavy atom.